The fourth-order valence-electron chi connectivity index (χ4n) is 1.58. The number of sulfonamides is 1. The van der Waals surface area contributed by atoms with Gasteiger partial charge in [0.2, 0.25) is 0 Å². The SMILES string of the molecule is CC(C)=S(=O)(NS(=O)(=O)c1ccc(C)cc1)C(C)C. The quantitative estimate of drug-likeness (QED) is 0.866. The molecule has 0 saturated carbocycles. The minimum atomic E-state index is -3.77. The topological polar surface area (TPSA) is 63.2 Å². The maximum absolute atomic E-state index is 12.7. The van der Waals surface area contributed by atoms with Gasteiger partial charge in [0.05, 0.1) is 4.90 Å². The molecule has 0 saturated heterocycles. The van der Waals surface area contributed by atoms with Gasteiger partial charge in [-0.2, -0.15) is 0 Å². The first-order valence-corrected chi connectivity index (χ1v) is 9.13. The lowest BCUT2D eigenvalue weighted by Crippen LogP contribution is -2.39. The van der Waals surface area contributed by atoms with E-state index in [0.717, 1.165) is 5.56 Å². The van der Waals surface area contributed by atoms with Crippen molar-refractivity contribution in [3.8, 4) is 0 Å². The molecule has 0 aliphatic heterocycles. The van der Waals surface area contributed by atoms with Crippen molar-refractivity contribution in [2.75, 3.05) is 0 Å². The summed E-state index contributed by atoms with van der Waals surface area (Å²) in [6, 6.07) is 6.47. The van der Waals surface area contributed by atoms with Crippen LogP contribution in [0.4, 0.5) is 0 Å². The van der Waals surface area contributed by atoms with Crippen molar-refractivity contribution in [1.29, 1.82) is 0 Å². The van der Waals surface area contributed by atoms with Crippen LogP contribution < -0.4 is 4.13 Å². The second-order valence-electron chi connectivity index (χ2n) is 4.96. The van der Waals surface area contributed by atoms with Gasteiger partial charge in [-0.3, -0.25) is 4.21 Å². The highest BCUT2D eigenvalue weighted by atomic mass is 32.3. The smallest absolute Gasteiger partial charge is 0.251 e. The molecule has 0 radical (unpaired) electrons. The van der Waals surface area contributed by atoms with Gasteiger partial charge in [-0.15, -0.1) is 4.13 Å². The second-order valence-corrected chi connectivity index (χ2v) is 10.1. The Morgan fingerprint density at radius 3 is 1.89 bits per heavy atom. The Morgan fingerprint density at radius 2 is 1.53 bits per heavy atom. The molecule has 0 aliphatic rings. The average molecular weight is 303 g/mol. The van der Waals surface area contributed by atoms with E-state index in [-0.39, 0.29) is 10.1 Å². The Labute approximate surface area is 116 Å². The highest BCUT2D eigenvalue weighted by Crippen LogP contribution is 2.13. The molecular formula is C13H21NO3S2. The van der Waals surface area contributed by atoms with E-state index in [0.29, 0.717) is 4.86 Å². The Kier molecular flexibility index (Phi) is 4.81. The predicted octanol–water partition coefficient (Wildman–Crippen LogP) is 2.09. The molecule has 1 unspecified atom stereocenters. The van der Waals surface area contributed by atoms with Gasteiger partial charge in [0.25, 0.3) is 10.0 Å². The lowest BCUT2D eigenvalue weighted by atomic mass is 10.2. The standard InChI is InChI=1S/C13H21NO3S2/c1-10(2)18(15,11(3)4)14-19(16,17)13-8-6-12(5)7-9-13/h6-10H,1-5H3,(H,14,15). The van der Waals surface area contributed by atoms with Crippen LogP contribution in [0.25, 0.3) is 0 Å². The van der Waals surface area contributed by atoms with Crippen molar-refractivity contribution in [3.05, 3.63) is 29.8 Å². The Balaban J connectivity index is 3.28. The van der Waals surface area contributed by atoms with Crippen LogP contribution in [0.5, 0.6) is 0 Å². The number of rotatable bonds is 4. The molecule has 0 aliphatic carbocycles. The van der Waals surface area contributed by atoms with Crippen LogP contribution >= 0.6 is 0 Å². The van der Waals surface area contributed by atoms with Gasteiger partial charge in [-0.1, -0.05) is 31.5 Å². The van der Waals surface area contributed by atoms with Crippen molar-refractivity contribution < 1.29 is 12.6 Å². The van der Waals surface area contributed by atoms with Crippen molar-refractivity contribution in [2.45, 2.75) is 44.8 Å². The molecule has 0 bridgehead atoms. The molecule has 0 spiro atoms. The van der Waals surface area contributed by atoms with Crippen molar-refractivity contribution >= 4 is 24.6 Å². The Morgan fingerprint density at radius 1 is 1.05 bits per heavy atom. The summed E-state index contributed by atoms with van der Waals surface area (Å²) in [5.41, 5.74) is 0.974. The van der Waals surface area contributed by atoms with Gasteiger partial charge in [0.1, 0.15) is 0 Å². The summed E-state index contributed by atoms with van der Waals surface area (Å²) in [5.74, 6) is 0. The van der Waals surface area contributed by atoms with E-state index in [1.165, 1.54) is 12.1 Å². The molecule has 0 aromatic heterocycles. The summed E-state index contributed by atoms with van der Waals surface area (Å²) in [6.45, 7) is 8.73. The van der Waals surface area contributed by atoms with E-state index in [4.69, 9.17) is 0 Å². The van der Waals surface area contributed by atoms with Crippen LogP contribution in [0.2, 0.25) is 0 Å². The zero-order valence-corrected chi connectivity index (χ0v) is 13.6. The first-order valence-electron chi connectivity index (χ1n) is 6.03. The van der Waals surface area contributed by atoms with E-state index in [1.807, 2.05) is 6.92 Å². The number of benzene rings is 1. The van der Waals surface area contributed by atoms with Gasteiger partial charge < -0.3 is 0 Å². The Bertz CT molecular complexity index is 660. The highest BCUT2D eigenvalue weighted by molar-refractivity contribution is 8.11. The minimum absolute atomic E-state index is 0.132. The van der Waals surface area contributed by atoms with Crippen LogP contribution in [0.3, 0.4) is 0 Å². The normalized spacial score (nSPS) is 15.3. The second kappa shape index (κ2) is 5.64. The maximum Gasteiger partial charge on any atom is 0.251 e. The lowest BCUT2D eigenvalue weighted by molar-refractivity contribution is 0.592. The molecule has 0 amide bonds. The summed E-state index contributed by atoms with van der Waals surface area (Å²) in [4.78, 5) is 0.714. The van der Waals surface area contributed by atoms with Gasteiger partial charge in [0, 0.05) is 15.0 Å². The van der Waals surface area contributed by atoms with E-state index in [1.54, 1.807) is 39.8 Å². The zero-order valence-electron chi connectivity index (χ0n) is 11.9. The summed E-state index contributed by atoms with van der Waals surface area (Å²) in [6.07, 6.45) is 0. The maximum atomic E-state index is 12.7. The minimum Gasteiger partial charge on any atom is -0.251 e. The van der Waals surface area contributed by atoms with Crippen molar-refractivity contribution in [1.82, 2.24) is 4.13 Å². The molecule has 1 aromatic rings. The predicted molar refractivity (Wildman–Crippen MR) is 81.1 cm³/mol. The highest BCUT2D eigenvalue weighted by Gasteiger charge is 2.23. The van der Waals surface area contributed by atoms with Gasteiger partial charge >= 0.3 is 0 Å². The number of hydrogen-bond acceptors (Lipinski definition) is 3. The number of aryl methyl sites for hydroxylation is 1. The fourth-order valence-corrected chi connectivity index (χ4v) is 6.14. The Hall–Kier alpha value is -0.850. The first-order chi connectivity index (χ1) is 8.59. The molecule has 1 N–H and O–H groups in total. The molecule has 1 rings (SSSR count). The molecule has 19 heavy (non-hydrogen) atoms. The van der Waals surface area contributed by atoms with Gasteiger partial charge in [-0.25, -0.2) is 8.42 Å². The van der Waals surface area contributed by atoms with E-state index < -0.39 is 19.7 Å². The number of hydrogen-bond donors (Lipinski definition) is 1. The van der Waals surface area contributed by atoms with E-state index in [2.05, 4.69) is 4.13 Å². The molecule has 108 valence electrons. The van der Waals surface area contributed by atoms with Crippen LogP contribution in [0.1, 0.15) is 33.3 Å². The molecule has 0 fully saturated rings. The van der Waals surface area contributed by atoms with Gasteiger partial charge in [-0.05, 0) is 37.8 Å². The average Bonchev–Trinajstić information content (AvgIpc) is 2.28. The molecular weight excluding hydrogens is 282 g/mol. The van der Waals surface area contributed by atoms with E-state index >= 15 is 0 Å². The van der Waals surface area contributed by atoms with Crippen molar-refractivity contribution in [2.24, 2.45) is 0 Å². The van der Waals surface area contributed by atoms with Crippen molar-refractivity contribution in [3.63, 3.8) is 0 Å². The zero-order chi connectivity index (χ0) is 14.8. The summed E-state index contributed by atoms with van der Waals surface area (Å²) < 4.78 is 39.6. The fraction of sp³-hybridized carbons (Fsp3) is 0.462. The first kappa shape index (κ1) is 16.2. The summed E-state index contributed by atoms with van der Waals surface area (Å²) in [5, 5.41) is -0.294. The largest absolute Gasteiger partial charge is 0.251 e. The van der Waals surface area contributed by atoms with Crippen LogP contribution in [-0.2, 0) is 19.7 Å². The summed E-state index contributed by atoms with van der Waals surface area (Å²) >= 11 is 0. The third-order valence-corrected chi connectivity index (χ3v) is 8.14. The molecule has 1 aromatic carbocycles. The molecule has 4 nitrogen and oxygen atoms in total. The lowest BCUT2D eigenvalue weighted by Gasteiger charge is -2.19. The number of nitrogens with one attached hydrogen (secondary N) is 1. The molecule has 6 heteroatoms. The third kappa shape index (κ3) is 3.58. The molecule has 1 atom stereocenters. The van der Waals surface area contributed by atoms with Crippen LogP contribution in [0.15, 0.2) is 29.2 Å². The summed E-state index contributed by atoms with van der Waals surface area (Å²) in [7, 11) is -6.53. The van der Waals surface area contributed by atoms with Crippen LogP contribution in [0, 0.1) is 6.92 Å². The van der Waals surface area contributed by atoms with Crippen LogP contribution in [-0.4, -0.2) is 22.7 Å². The van der Waals surface area contributed by atoms with Gasteiger partial charge in [0.15, 0.2) is 0 Å². The molecule has 0 heterocycles. The third-order valence-electron chi connectivity index (χ3n) is 2.84. The van der Waals surface area contributed by atoms with E-state index in [9.17, 15) is 12.6 Å². The monoisotopic (exact) mass is 303 g/mol.